The summed E-state index contributed by atoms with van der Waals surface area (Å²) in [6, 6.07) is 12.9. The number of fused-ring (bicyclic) bond motifs is 1. The van der Waals surface area contributed by atoms with E-state index in [2.05, 4.69) is 13.1 Å². The van der Waals surface area contributed by atoms with Gasteiger partial charge in [-0.3, -0.25) is 0 Å². The van der Waals surface area contributed by atoms with Crippen LogP contribution < -0.4 is 15.3 Å². The number of quaternary nitrogens is 1. The first-order valence-corrected chi connectivity index (χ1v) is 8.17. The molecule has 0 fully saturated rings. The molecule has 1 aromatic heterocycles. The lowest BCUT2D eigenvalue weighted by Crippen LogP contribution is -3.06. The molecular weight excluding hydrogens is 318 g/mol. The van der Waals surface area contributed by atoms with Gasteiger partial charge in [0, 0.05) is 28.1 Å². The number of nitrogens with one attached hydrogen (secondary N) is 1. The maximum Gasteiger partial charge on any atom is 0.336 e. The molecule has 1 heterocycles. The first-order valence-electron chi connectivity index (χ1n) is 8.17. The van der Waals surface area contributed by atoms with Gasteiger partial charge in [-0.1, -0.05) is 12.1 Å². The largest absolute Gasteiger partial charge is 0.508 e. The zero-order chi connectivity index (χ0) is 18.0. The number of aromatic hydroxyl groups is 1. The summed E-state index contributed by atoms with van der Waals surface area (Å²) in [6.07, 6.45) is 0. The molecule has 2 aromatic carbocycles. The SMILES string of the molecule is COc1cccc(C[NH+](C)Cc2cc(=O)oc3c(C)c(O)ccc23)c1. The molecule has 5 nitrogen and oxygen atoms in total. The number of phenolic OH excluding ortho intramolecular Hbond substituents is 1. The number of ether oxygens (including phenoxy) is 1. The van der Waals surface area contributed by atoms with Gasteiger partial charge in [0.25, 0.3) is 0 Å². The summed E-state index contributed by atoms with van der Waals surface area (Å²) in [5, 5.41) is 10.7. The second-order valence-corrected chi connectivity index (χ2v) is 6.34. The van der Waals surface area contributed by atoms with Crippen LogP contribution in [0.15, 0.2) is 51.7 Å². The van der Waals surface area contributed by atoms with Crippen LogP contribution in [0.5, 0.6) is 11.5 Å². The second kappa shape index (κ2) is 6.99. The minimum absolute atomic E-state index is 0.130. The summed E-state index contributed by atoms with van der Waals surface area (Å²) in [4.78, 5) is 13.1. The molecule has 0 saturated heterocycles. The second-order valence-electron chi connectivity index (χ2n) is 6.34. The molecule has 0 aliphatic rings. The Morgan fingerprint density at radius 3 is 2.72 bits per heavy atom. The van der Waals surface area contributed by atoms with E-state index in [4.69, 9.17) is 9.15 Å². The fourth-order valence-corrected chi connectivity index (χ4v) is 3.08. The first kappa shape index (κ1) is 17.0. The smallest absolute Gasteiger partial charge is 0.336 e. The average molecular weight is 340 g/mol. The lowest BCUT2D eigenvalue weighted by molar-refractivity contribution is -0.907. The van der Waals surface area contributed by atoms with Crippen molar-refractivity contribution in [3.8, 4) is 11.5 Å². The predicted molar refractivity (Wildman–Crippen MR) is 96.2 cm³/mol. The molecule has 2 N–H and O–H groups in total. The minimum Gasteiger partial charge on any atom is -0.508 e. The maximum atomic E-state index is 11.9. The van der Waals surface area contributed by atoms with Crippen molar-refractivity contribution in [1.29, 1.82) is 0 Å². The van der Waals surface area contributed by atoms with Crippen LogP contribution in [0.25, 0.3) is 11.0 Å². The van der Waals surface area contributed by atoms with E-state index in [1.54, 1.807) is 26.2 Å². The van der Waals surface area contributed by atoms with Crippen molar-refractivity contribution < 1.29 is 19.2 Å². The number of rotatable bonds is 5. The molecule has 25 heavy (non-hydrogen) atoms. The minimum atomic E-state index is -0.398. The van der Waals surface area contributed by atoms with Crippen LogP contribution in [0.3, 0.4) is 0 Å². The lowest BCUT2D eigenvalue weighted by Gasteiger charge is -2.16. The van der Waals surface area contributed by atoms with E-state index < -0.39 is 5.63 Å². The van der Waals surface area contributed by atoms with Crippen LogP contribution in [0.1, 0.15) is 16.7 Å². The highest BCUT2D eigenvalue weighted by atomic mass is 16.5. The van der Waals surface area contributed by atoms with E-state index in [-0.39, 0.29) is 5.75 Å². The zero-order valence-corrected chi connectivity index (χ0v) is 14.6. The Morgan fingerprint density at radius 2 is 1.96 bits per heavy atom. The van der Waals surface area contributed by atoms with Crippen LogP contribution in [0.4, 0.5) is 0 Å². The van der Waals surface area contributed by atoms with E-state index in [0.29, 0.717) is 17.7 Å². The molecule has 1 atom stereocenters. The van der Waals surface area contributed by atoms with Gasteiger partial charge in [0.15, 0.2) is 0 Å². The standard InChI is InChI=1S/C20H21NO4/c1-13-18(22)8-7-17-15(10-19(23)25-20(13)17)12-21(2)11-14-5-4-6-16(9-14)24-3/h4-10,22H,11-12H2,1-3H3/p+1. The van der Waals surface area contributed by atoms with E-state index in [1.807, 2.05) is 18.2 Å². The van der Waals surface area contributed by atoms with E-state index >= 15 is 0 Å². The number of methoxy groups -OCH3 is 1. The van der Waals surface area contributed by atoms with Crippen molar-refractivity contribution in [1.82, 2.24) is 0 Å². The van der Waals surface area contributed by atoms with Crippen LogP contribution in [-0.2, 0) is 13.1 Å². The molecule has 0 amide bonds. The maximum absolute atomic E-state index is 11.9. The Balaban J connectivity index is 1.89. The van der Waals surface area contributed by atoms with E-state index in [0.717, 1.165) is 28.8 Å². The summed E-state index contributed by atoms with van der Waals surface area (Å²) in [5.41, 5.74) is 2.72. The molecule has 130 valence electrons. The molecule has 0 aliphatic carbocycles. The molecule has 0 spiro atoms. The topological polar surface area (TPSA) is 64.1 Å². The van der Waals surface area contributed by atoms with Crippen LogP contribution >= 0.6 is 0 Å². The van der Waals surface area contributed by atoms with Crippen molar-refractivity contribution >= 4 is 11.0 Å². The lowest BCUT2D eigenvalue weighted by atomic mass is 10.1. The van der Waals surface area contributed by atoms with E-state index in [1.165, 1.54) is 11.0 Å². The van der Waals surface area contributed by atoms with Crippen LogP contribution in [0.2, 0.25) is 0 Å². The molecule has 0 saturated carbocycles. The highest BCUT2D eigenvalue weighted by molar-refractivity contribution is 5.84. The molecule has 1 unspecified atom stereocenters. The number of aryl methyl sites for hydroxylation is 1. The predicted octanol–water partition coefficient (Wildman–Crippen LogP) is 2.03. The molecule has 3 rings (SSSR count). The van der Waals surface area contributed by atoms with Gasteiger partial charge >= 0.3 is 5.63 Å². The van der Waals surface area contributed by atoms with Gasteiger partial charge in [0.1, 0.15) is 30.2 Å². The first-order chi connectivity index (χ1) is 12.0. The van der Waals surface area contributed by atoms with Crippen molar-refractivity contribution in [2.75, 3.05) is 14.2 Å². The van der Waals surface area contributed by atoms with E-state index in [9.17, 15) is 9.90 Å². The van der Waals surface area contributed by atoms with Crippen LogP contribution in [0, 0.1) is 6.92 Å². The summed E-state index contributed by atoms with van der Waals surface area (Å²) in [6.45, 7) is 3.22. The number of benzene rings is 2. The monoisotopic (exact) mass is 340 g/mol. The van der Waals surface area contributed by atoms with Crippen molar-refractivity contribution in [2.24, 2.45) is 0 Å². The van der Waals surface area contributed by atoms with Gasteiger partial charge in [0.05, 0.1) is 14.2 Å². The fraction of sp³-hybridized carbons (Fsp3) is 0.250. The summed E-state index contributed by atoms with van der Waals surface area (Å²) >= 11 is 0. The number of phenols is 1. The third-order valence-corrected chi connectivity index (χ3v) is 4.35. The number of hydrogen-bond donors (Lipinski definition) is 2. The highest BCUT2D eigenvalue weighted by Crippen LogP contribution is 2.27. The Kier molecular flexibility index (Phi) is 4.76. The fourth-order valence-electron chi connectivity index (χ4n) is 3.08. The third-order valence-electron chi connectivity index (χ3n) is 4.35. The van der Waals surface area contributed by atoms with Gasteiger partial charge < -0.3 is 19.2 Å². The van der Waals surface area contributed by atoms with Gasteiger partial charge in [0.2, 0.25) is 0 Å². The summed E-state index contributed by atoms with van der Waals surface area (Å²) in [7, 11) is 3.73. The molecule has 0 aliphatic heterocycles. The van der Waals surface area contributed by atoms with Gasteiger partial charge in [-0.25, -0.2) is 4.79 Å². The zero-order valence-electron chi connectivity index (χ0n) is 14.6. The molecule has 0 radical (unpaired) electrons. The summed E-state index contributed by atoms with van der Waals surface area (Å²) < 4.78 is 10.6. The van der Waals surface area contributed by atoms with Crippen molar-refractivity contribution in [3.63, 3.8) is 0 Å². The van der Waals surface area contributed by atoms with Gasteiger partial charge in [-0.05, 0) is 31.2 Å². The van der Waals surface area contributed by atoms with Crippen LogP contribution in [-0.4, -0.2) is 19.3 Å². The normalized spacial score (nSPS) is 12.3. The summed E-state index contributed by atoms with van der Waals surface area (Å²) in [5.74, 6) is 0.965. The van der Waals surface area contributed by atoms with Gasteiger partial charge in [-0.15, -0.1) is 0 Å². The van der Waals surface area contributed by atoms with Crippen molar-refractivity contribution in [3.05, 3.63) is 69.6 Å². The quantitative estimate of drug-likeness (QED) is 0.698. The molecule has 3 aromatic rings. The average Bonchev–Trinajstić information content (AvgIpc) is 2.58. The van der Waals surface area contributed by atoms with Gasteiger partial charge in [-0.2, -0.15) is 0 Å². The molecule has 5 heteroatoms. The Morgan fingerprint density at radius 1 is 1.16 bits per heavy atom. The third kappa shape index (κ3) is 3.67. The Bertz CT molecular complexity index is 962. The highest BCUT2D eigenvalue weighted by Gasteiger charge is 2.14. The molecule has 0 bridgehead atoms. The Hall–Kier alpha value is -2.79. The molecular formula is C20H22NO4+. The Labute approximate surface area is 146 Å². The van der Waals surface area contributed by atoms with Crippen molar-refractivity contribution in [2.45, 2.75) is 20.0 Å². The number of hydrogen-bond acceptors (Lipinski definition) is 4.